The van der Waals surface area contributed by atoms with Gasteiger partial charge in [-0.05, 0) is 44.4 Å². The van der Waals surface area contributed by atoms with Crippen molar-refractivity contribution in [3.63, 3.8) is 0 Å². The molecular weight excluding hydrogens is 184 g/mol. The summed E-state index contributed by atoms with van der Waals surface area (Å²) in [7, 11) is 0. The van der Waals surface area contributed by atoms with E-state index in [-0.39, 0.29) is 0 Å². The molecule has 2 N–H and O–H groups in total. The highest BCUT2D eigenvalue weighted by Crippen LogP contribution is 2.27. The van der Waals surface area contributed by atoms with Crippen molar-refractivity contribution < 1.29 is 0 Å². The summed E-state index contributed by atoms with van der Waals surface area (Å²) >= 11 is 0. The maximum atomic E-state index is 5.81. The summed E-state index contributed by atoms with van der Waals surface area (Å²) in [5, 5.41) is 0. The highest BCUT2D eigenvalue weighted by molar-refractivity contribution is 5.47. The second-order valence-electron chi connectivity index (χ2n) is 4.41. The molecular formula is C13H20N2. The van der Waals surface area contributed by atoms with Gasteiger partial charge in [0.1, 0.15) is 0 Å². The van der Waals surface area contributed by atoms with Crippen molar-refractivity contribution >= 4 is 5.69 Å². The van der Waals surface area contributed by atoms with Crippen molar-refractivity contribution in [2.45, 2.75) is 25.8 Å². The lowest BCUT2D eigenvalue weighted by Crippen LogP contribution is -2.46. The molecule has 1 aliphatic heterocycles. The van der Waals surface area contributed by atoms with Gasteiger partial charge in [0.25, 0.3) is 0 Å². The van der Waals surface area contributed by atoms with Gasteiger partial charge in [-0.3, -0.25) is 0 Å². The molecule has 2 heteroatoms. The molecule has 0 aliphatic carbocycles. The SMILES string of the molecule is C[C@@H]1[C@@H](CN)CCCN1c1ccccc1. The highest BCUT2D eigenvalue weighted by Gasteiger charge is 2.26. The van der Waals surface area contributed by atoms with Gasteiger partial charge < -0.3 is 10.6 Å². The van der Waals surface area contributed by atoms with Crippen molar-refractivity contribution in [3.8, 4) is 0 Å². The van der Waals surface area contributed by atoms with Crippen molar-refractivity contribution in [2.24, 2.45) is 11.7 Å². The first kappa shape index (κ1) is 10.5. The van der Waals surface area contributed by atoms with Crippen LogP contribution >= 0.6 is 0 Å². The molecule has 0 bridgehead atoms. The lowest BCUT2D eigenvalue weighted by Gasteiger charge is -2.40. The van der Waals surface area contributed by atoms with Gasteiger partial charge >= 0.3 is 0 Å². The number of anilines is 1. The quantitative estimate of drug-likeness (QED) is 0.800. The molecule has 2 atom stereocenters. The number of hydrogen-bond acceptors (Lipinski definition) is 2. The van der Waals surface area contributed by atoms with Crippen molar-refractivity contribution in [3.05, 3.63) is 30.3 Å². The summed E-state index contributed by atoms with van der Waals surface area (Å²) < 4.78 is 0. The van der Waals surface area contributed by atoms with Crippen LogP contribution in [-0.2, 0) is 0 Å². The van der Waals surface area contributed by atoms with E-state index in [1.165, 1.54) is 25.1 Å². The van der Waals surface area contributed by atoms with Gasteiger partial charge in [-0.1, -0.05) is 18.2 Å². The Balaban J connectivity index is 2.15. The van der Waals surface area contributed by atoms with Gasteiger partial charge in [-0.25, -0.2) is 0 Å². The Hall–Kier alpha value is -1.02. The van der Waals surface area contributed by atoms with E-state index in [4.69, 9.17) is 5.73 Å². The zero-order valence-corrected chi connectivity index (χ0v) is 9.39. The Morgan fingerprint density at radius 3 is 2.73 bits per heavy atom. The number of rotatable bonds is 2. The number of hydrogen-bond donors (Lipinski definition) is 1. The number of piperidine rings is 1. The zero-order valence-electron chi connectivity index (χ0n) is 9.39. The third-order valence-corrected chi connectivity index (χ3v) is 3.54. The van der Waals surface area contributed by atoms with Crippen LogP contribution in [0.15, 0.2) is 30.3 Å². The zero-order chi connectivity index (χ0) is 10.7. The van der Waals surface area contributed by atoms with Crippen LogP contribution in [0.5, 0.6) is 0 Å². The molecule has 2 rings (SSSR count). The summed E-state index contributed by atoms with van der Waals surface area (Å²) in [4.78, 5) is 2.49. The Morgan fingerprint density at radius 1 is 1.33 bits per heavy atom. The lowest BCUT2D eigenvalue weighted by molar-refractivity contribution is 0.345. The largest absolute Gasteiger partial charge is 0.369 e. The van der Waals surface area contributed by atoms with E-state index < -0.39 is 0 Å². The second kappa shape index (κ2) is 4.67. The van der Waals surface area contributed by atoms with Crippen LogP contribution in [0.3, 0.4) is 0 Å². The normalized spacial score (nSPS) is 26.7. The topological polar surface area (TPSA) is 29.3 Å². The fourth-order valence-corrected chi connectivity index (χ4v) is 2.52. The van der Waals surface area contributed by atoms with Crippen LogP contribution in [0.4, 0.5) is 5.69 Å². The molecule has 1 fully saturated rings. The Labute approximate surface area is 92.1 Å². The number of para-hydroxylation sites is 1. The Morgan fingerprint density at radius 2 is 2.07 bits per heavy atom. The summed E-state index contributed by atoms with van der Waals surface area (Å²) in [6, 6.07) is 11.2. The Kier molecular flexibility index (Phi) is 3.27. The highest BCUT2D eigenvalue weighted by atomic mass is 15.2. The van der Waals surface area contributed by atoms with E-state index in [2.05, 4.69) is 42.2 Å². The average molecular weight is 204 g/mol. The first-order chi connectivity index (χ1) is 7.33. The van der Waals surface area contributed by atoms with E-state index in [0.717, 1.165) is 6.54 Å². The molecule has 0 saturated carbocycles. The predicted octanol–water partition coefficient (Wildman–Crippen LogP) is 2.25. The van der Waals surface area contributed by atoms with Crippen LogP contribution in [0.2, 0.25) is 0 Å². The Bertz CT molecular complexity index is 297. The van der Waals surface area contributed by atoms with Gasteiger partial charge in [0.15, 0.2) is 0 Å². The van der Waals surface area contributed by atoms with Gasteiger partial charge in [-0.2, -0.15) is 0 Å². The van der Waals surface area contributed by atoms with E-state index in [9.17, 15) is 0 Å². The number of nitrogens with zero attached hydrogens (tertiary/aromatic N) is 1. The first-order valence-electron chi connectivity index (χ1n) is 5.84. The monoisotopic (exact) mass is 204 g/mol. The number of nitrogens with two attached hydrogens (primary N) is 1. The molecule has 0 unspecified atom stereocenters. The van der Waals surface area contributed by atoms with E-state index in [1.54, 1.807) is 0 Å². The number of benzene rings is 1. The van der Waals surface area contributed by atoms with Gasteiger partial charge in [0.2, 0.25) is 0 Å². The lowest BCUT2D eigenvalue weighted by atomic mass is 9.90. The second-order valence-corrected chi connectivity index (χ2v) is 4.41. The average Bonchev–Trinajstić information content (AvgIpc) is 2.30. The van der Waals surface area contributed by atoms with Crippen molar-refractivity contribution in [1.82, 2.24) is 0 Å². The molecule has 0 amide bonds. The summed E-state index contributed by atoms with van der Waals surface area (Å²) in [5.41, 5.74) is 7.14. The minimum absolute atomic E-state index is 0.575. The summed E-state index contributed by atoms with van der Waals surface area (Å²) in [6.45, 7) is 4.27. The molecule has 1 aliphatic rings. The maximum Gasteiger partial charge on any atom is 0.0368 e. The summed E-state index contributed by atoms with van der Waals surface area (Å²) in [6.07, 6.45) is 2.54. The van der Waals surface area contributed by atoms with Gasteiger partial charge in [0.05, 0.1) is 0 Å². The summed E-state index contributed by atoms with van der Waals surface area (Å²) in [5.74, 6) is 0.652. The van der Waals surface area contributed by atoms with Crippen LogP contribution < -0.4 is 10.6 Å². The van der Waals surface area contributed by atoms with Crippen molar-refractivity contribution in [1.29, 1.82) is 0 Å². The molecule has 1 saturated heterocycles. The third-order valence-electron chi connectivity index (χ3n) is 3.54. The molecule has 2 nitrogen and oxygen atoms in total. The van der Waals surface area contributed by atoms with E-state index >= 15 is 0 Å². The molecule has 82 valence electrons. The van der Waals surface area contributed by atoms with Crippen LogP contribution in [0.25, 0.3) is 0 Å². The van der Waals surface area contributed by atoms with E-state index in [1.807, 2.05) is 0 Å². The molecule has 1 aromatic carbocycles. The molecule has 1 heterocycles. The molecule has 1 aromatic rings. The maximum absolute atomic E-state index is 5.81. The predicted molar refractivity (Wildman–Crippen MR) is 65.0 cm³/mol. The standard InChI is InChI=1S/C13H20N2/c1-11-12(10-14)6-5-9-15(11)13-7-3-2-4-8-13/h2-4,7-8,11-12H,5-6,9-10,14H2,1H3/t11-,12-/m1/s1. The van der Waals surface area contributed by atoms with Crippen LogP contribution in [0, 0.1) is 5.92 Å². The molecule has 0 aromatic heterocycles. The molecule has 15 heavy (non-hydrogen) atoms. The van der Waals surface area contributed by atoms with Crippen LogP contribution in [0.1, 0.15) is 19.8 Å². The fourth-order valence-electron chi connectivity index (χ4n) is 2.52. The minimum Gasteiger partial charge on any atom is -0.369 e. The molecule has 0 radical (unpaired) electrons. The van der Waals surface area contributed by atoms with Crippen LogP contribution in [-0.4, -0.2) is 19.1 Å². The first-order valence-corrected chi connectivity index (χ1v) is 5.84. The van der Waals surface area contributed by atoms with Gasteiger partial charge in [0, 0.05) is 18.3 Å². The third kappa shape index (κ3) is 2.15. The molecule has 0 spiro atoms. The minimum atomic E-state index is 0.575. The van der Waals surface area contributed by atoms with Gasteiger partial charge in [-0.15, -0.1) is 0 Å². The smallest absolute Gasteiger partial charge is 0.0368 e. The van der Waals surface area contributed by atoms with Crippen molar-refractivity contribution in [2.75, 3.05) is 18.0 Å². The van der Waals surface area contributed by atoms with E-state index in [0.29, 0.717) is 12.0 Å². The fraction of sp³-hybridized carbons (Fsp3) is 0.538.